The summed E-state index contributed by atoms with van der Waals surface area (Å²) in [4.78, 5) is 6.80. The van der Waals surface area contributed by atoms with Crippen LogP contribution in [0, 0.1) is 0 Å². The predicted octanol–water partition coefficient (Wildman–Crippen LogP) is 3.43. The summed E-state index contributed by atoms with van der Waals surface area (Å²) in [7, 11) is 1.82. The molecule has 0 spiro atoms. The van der Waals surface area contributed by atoms with Gasteiger partial charge in [0, 0.05) is 50.8 Å². The number of hydrogen-bond acceptors (Lipinski definition) is 3. The van der Waals surface area contributed by atoms with E-state index in [1.165, 1.54) is 11.3 Å². The molecule has 7 heteroatoms. The van der Waals surface area contributed by atoms with E-state index in [2.05, 4.69) is 80.2 Å². The Morgan fingerprint density at radius 1 is 1.07 bits per heavy atom. The number of nitrogens with one attached hydrogen (secondary N) is 2. The Labute approximate surface area is 189 Å². The predicted molar refractivity (Wildman–Crippen MR) is 129 cm³/mol. The molecule has 4 rings (SSSR count). The lowest BCUT2D eigenvalue weighted by molar-refractivity contribution is 0.648. The number of benzene rings is 2. The third-order valence-electron chi connectivity index (χ3n) is 5.04. The highest BCUT2D eigenvalue weighted by Crippen LogP contribution is 2.19. The van der Waals surface area contributed by atoms with Gasteiger partial charge in [0.05, 0.1) is 5.69 Å². The fraction of sp³-hybridized carbons (Fsp3) is 0.273. The van der Waals surface area contributed by atoms with Gasteiger partial charge in [-0.1, -0.05) is 30.3 Å². The molecule has 1 aliphatic rings. The van der Waals surface area contributed by atoms with Crippen LogP contribution in [0.4, 0.5) is 5.69 Å². The molecular weight excluding hydrogens is 475 g/mol. The Hall–Kier alpha value is -2.55. The van der Waals surface area contributed by atoms with Gasteiger partial charge in [0.1, 0.15) is 0 Å². The molecule has 1 aliphatic heterocycles. The van der Waals surface area contributed by atoms with E-state index in [0.29, 0.717) is 6.04 Å². The van der Waals surface area contributed by atoms with E-state index in [1.807, 2.05) is 24.0 Å². The lowest BCUT2D eigenvalue weighted by Gasteiger charge is -2.20. The number of nitrogens with zero attached hydrogens (tertiary/aromatic N) is 4. The van der Waals surface area contributed by atoms with Crippen molar-refractivity contribution in [1.82, 2.24) is 20.4 Å². The Bertz CT molecular complexity index is 893. The van der Waals surface area contributed by atoms with E-state index >= 15 is 0 Å². The van der Waals surface area contributed by atoms with Crippen LogP contribution in [0.25, 0.3) is 5.69 Å². The topological polar surface area (TPSA) is 57.5 Å². The van der Waals surface area contributed by atoms with Crippen LogP contribution in [0.1, 0.15) is 12.0 Å². The molecule has 1 aromatic heterocycles. The molecule has 0 saturated carbocycles. The van der Waals surface area contributed by atoms with Crippen molar-refractivity contribution in [2.45, 2.75) is 19.0 Å². The molecule has 2 heterocycles. The number of aliphatic imine (C=N–C) groups is 1. The number of guanidine groups is 1. The minimum atomic E-state index is 0. The second-order valence-corrected chi connectivity index (χ2v) is 6.95. The number of anilines is 1. The molecule has 1 atom stereocenters. The summed E-state index contributed by atoms with van der Waals surface area (Å²) < 4.78 is 1.86. The summed E-state index contributed by atoms with van der Waals surface area (Å²) in [6.07, 6.45) is 4.83. The van der Waals surface area contributed by atoms with Crippen molar-refractivity contribution in [2.24, 2.45) is 4.99 Å². The smallest absolute Gasteiger partial charge is 0.191 e. The molecule has 0 aliphatic carbocycles. The SMILES string of the molecule is CN=C(NCc1ccc(-n2cccn2)cc1)NC1CCN(c2ccccc2)C1.I. The summed E-state index contributed by atoms with van der Waals surface area (Å²) in [6, 6.07) is 21.3. The highest BCUT2D eigenvalue weighted by Gasteiger charge is 2.23. The fourth-order valence-corrected chi connectivity index (χ4v) is 3.51. The fourth-order valence-electron chi connectivity index (χ4n) is 3.51. The van der Waals surface area contributed by atoms with E-state index in [0.717, 1.165) is 37.7 Å². The zero-order valence-electron chi connectivity index (χ0n) is 16.5. The molecule has 1 fully saturated rings. The quantitative estimate of drug-likeness (QED) is 0.319. The van der Waals surface area contributed by atoms with Crippen molar-refractivity contribution in [2.75, 3.05) is 25.0 Å². The molecule has 0 amide bonds. The molecular formula is C22H27IN6. The van der Waals surface area contributed by atoms with Crippen LogP contribution in [0.2, 0.25) is 0 Å². The van der Waals surface area contributed by atoms with Crippen molar-refractivity contribution >= 4 is 35.6 Å². The minimum Gasteiger partial charge on any atom is -0.369 e. The first-order chi connectivity index (χ1) is 13.8. The average molecular weight is 502 g/mol. The lowest BCUT2D eigenvalue weighted by atomic mass is 10.2. The summed E-state index contributed by atoms with van der Waals surface area (Å²) >= 11 is 0. The van der Waals surface area contributed by atoms with Crippen LogP contribution >= 0.6 is 24.0 Å². The van der Waals surface area contributed by atoms with Gasteiger partial charge in [-0.25, -0.2) is 4.68 Å². The maximum atomic E-state index is 4.38. The number of halogens is 1. The van der Waals surface area contributed by atoms with Gasteiger partial charge in [-0.3, -0.25) is 4.99 Å². The Balaban J connectivity index is 0.00000240. The number of rotatable bonds is 5. The molecule has 152 valence electrons. The number of aromatic nitrogens is 2. The van der Waals surface area contributed by atoms with E-state index < -0.39 is 0 Å². The van der Waals surface area contributed by atoms with Gasteiger partial charge in [0.25, 0.3) is 0 Å². The van der Waals surface area contributed by atoms with Gasteiger partial charge in [-0.15, -0.1) is 24.0 Å². The second kappa shape index (κ2) is 10.3. The minimum absolute atomic E-state index is 0. The molecule has 6 nitrogen and oxygen atoms in total. The van der Waals surface area contributed by atoms with Gasteiger partial charge in [0.15, 0.2) is 5.96 Å². The van der Waals surface area contributed by atoms with Crippen LogP contribution in [-0.2, 0) is 6.54 Å². The highest BCUT2D eigenvalue weighted by atomic mass is 127. The van der Waals surface area contributed by atoms with Gasteiger partial charge in [-0.05, 0) is 42.3 Å². The summed E-state index contributed by atoms with van der Waals surface area (Å²) in [5, 5.41) is 11.2. The zero-order valence-corrected chi connectivity index (χ0v) is 18.9. The van der Waals surface area contributed by atoms with Crippen molar-refractivity contribution < 1.29 is 0 Å². The Kier molecular flexibility index (Phi) is 7.51. The van der Waals surface area contributed by atoms with Gasteiger partial charge in [-0.2, -0.15) is 5.10 Å². The third-order valence-corrected chi connectivity index (χ3v) is 5.04. The summed E-state index contributed by atoms with van der Waals surface area (Å²) in [6.45, 7) is 2.78. The highest BCUT2D eigenvalue weighted by molar-refractivity contribution is 14.0. The Morgan fingerprint density at radius 2 is 1.86 bits per heavy atom. The average Bonchev–Trinajstić information content (AvgIpc) is 3.44. The molecule has 0 radical (unpaired) electrons. The van der Waals surface area contributed by atoms with Crippen LogP contribution in [0.5, 0.6) is 0 Å². The monoisotopic (exact) mass is 502 g/mol. The van der Waals surface area contributed by atoms with Gasteiger partial charge >= 0.3 is 0 Å². The largest absolute Gasteiger partial charge is 0.369 e. The summed E-state index contributed by atoms with van der Waals surface area (Å²) in [5.74, 6) is 0.844. The molecule has 29 heavy (non-hydrogen) atoms. The van der Waals surface area contributed by atoms with Crippen molar-refractivity contribution in [3.8, 4) is 5.69 Å². The van der Waals surface area contributed by atoms with Crippen molar-refractivity contribution in [1.29, 1.82) is 0 Å². The molecule has 1 unspecified atom stereocenters. The first-order valence-corrected chi connectivity index (χ1v) is 9.68. The zero-order chi connectivity index (χ0) is 19.2. The van der Waals surface area contributed by atoms with Crippen LogP contribution < -0.4 is 15.5 Å². The Morgan fingerprint density at radius 3 is 2.55 bits per heavy atom. The maximum absolute atomic E-state index is 4.38. The summed E-state index contributed by atoms with van der Waals surface area (Å²) in [5.41, 5.74) is 3.55. The van der Waals surface area contributed by atoms with E-state index in [9.17, 15) is 0 Å². The standard InChI is InChI=1S/C22H26N6.HI/c1-23-22(26-19-12-15-27(17-19)20-6-3-2-4-7-20)24-16-18-8-10-21(11-9-18)28-14-5-13-25-28;/h2-11,13-14,19H,12,15-17H2,1H3,(H2,23,24,26);1H. The molecule has 3 aromatic rings. The van der Waals surface area contributed by atoms with E-state index in [1.54, 1.807) is 6.20 Å². The first kappa shape index (κ1) is 21.2. The molecule has 0 bridgehead atoms. The van der Waals surface area contributed by atoms with E-state index in [-0.39, 0.29) is 24.0 Å². The maximum Gasteiger partial charge on any atom is 0.191 e. The third kappa shape index (κ3) is 5.50. The molecule has 2 N–H and O–H groups in total. The second-order valence-electron chi connectivity index (χ2n) is 6.95. The van der Waals surface area contributed by atoms with Crippen molar-refractivity contribution in [3.05, 3.63) is 78.6 Å². The first-order valence-electron chi connectivity index (χ1n) is 9.68. The van der Waals surface area contributed by atoms with Crippen molar-refractivity contribution in [3.63, 3.8) is 0 Å². The molecule has 1 saturated heterocycles. The lowest BCUT2D eigenvalue weighted by Crippen LogP contribution is -2.44. The van der Waals surface area contributed by atoms with Crippen LogP contribution in [-0.4, -0.2) is 41.9 Å². The number of para-hydroxylation sites is 1. The van der Waals surface area contributed by atoms with E-state index in [4.69, 9.17) is 0 Å². The normalized spacial score (nSPS) is 16.4. The molecule has 2 aromatic carbocycles. The van der Waals surface area contributed by atoms with Crippen LogP contribution in [0.3, 0.4) is 0 Å². The van der Waals surface area contributed by atoms with Gasteiger partial charge in [0.2, 0.25) is 0 Å². The van der Waals surface area contributed by atoms with Crippen LogP contribution in [0.15, 0.2) is 78.0 Å². The number of hydrogen-bond donors (Lipinski definition) is 2. The van der Waals surface area contributed by atoms with Gasteiger partial charge < -0.3 is 15.5 Å².